The lowest BCUT2D eigenvalue weighted by Crippen LogP contribution is -2.51. The molecule has 0 bridgehead atoms. The topological polar surface area (TPSA) is 81.7 Å². The van der Waals surface area contributed by atoms with Crippen molar-refractivity contribution in [3.8, 4) is 0 Å². The monoisotopic (exact) mass is 543 g/mol. The van der Waals surface area contributed by atoms with Gasteiger partial charge in [0, 0.05) is 30.7 Å². The highest BCUT2D eigenvalue weighted by Crippen LogP contribution is 2.38. The molecule has 0 aliphatic carbocycles. The second kappa shape index (κ2) is 10.0. The quantitative estimate of drug-likeness (QED) is 0.392. The van der Waals surface area contributed by atoms with Crippen molar-refractivity contribution in [3.63, 3.8) is 0 Å². The Morgan fingerprint density at radius 1 is 0.811 bits per heavy atom. The third-order valence-electron chi connectivity index (χ3n) is 5.71. The molecule has 1 aliphatic rings. The molecule has 37 heavy (non-hydrogen) atoms. The van der Waals surface area contributed by atoms with Crippen molar-refractivity contribution in [1.29, 1.82) is 0 Å². The predicted octanol–water partition coefficient (Wildman–Crippen LogP) is 6.40. The fourth-order valence-electron chi connectivity index (χ4n) is 3.92. The van der Waals surface area contributed by atoms with Crippen molar-refractivity contribution >= 4 is 17.8 Å². The summed E-state index contributed by atoms with van der Waals surface area (Å²) in [5, 5.41) is 13.6. The highest BCUT2D eigenvalue weighted by Gasteiger charge is 2.38. The van der Waals surface area contributed by atoms with Gasteiger partial charge in [0.1, 0.15) is 0 Å². The minimum atomic E-state index is -5.13. The minimum absolute atomic E-state index is 0.0260. The predicted molar refractivity (Wildman–Crippen MR) is 111 cm³/mol. The molecule has 6 nitrogen and oxygen atoms in total. The molecule has 0 aromatic heterocycles. The fourth-order valence-corrected chi connectivity index (χ4v) is 3.92. The molecule has 3 rings (SSSR count). The van der Waals surface area contributed by atoms with Crippen molar-refractivity contribution in [2.24, 2.45) is 0 Å². The summed E-state index contributed by atoms with van der Waals surface area (Å²) in [5.74, 6) is -0.856. The van der Waals surface area contributed by atoms with Crippen molar-refractivity contribution in [1.82, 2.24) is 10.2 Å². The maximum atomic E-state index is 13.1. The summed E-state index contributed by atoms with van der Waals surface area (Å²) in [7, 11) is 0. The van der Waals surface area contributed by atoms with E-state index in [4.69, 9.17) is 0 Å². The zero-order valence-electron chi connectivity index (χ0n) is 18.4. The van der Waals surface area contributed by atoms with Gasteiger partial charge in [0.05, 0.1) is 16.7 Å². The Kier molecular flexibility index (Phi) is 7.56. The van der Waals surface area contributed by atoms with Crippen molar-refractivity contribution < 1.29 is 54.2 Å². The van der Waals surface area contributed by atoms with Gasteiger partial charge < -0.3 is 20.6 Å². The minimum Gasteiger partial charge on any atom is -0.465 e. The Bertz CT molecular complexity index is 1110. The summed E-state index contributed by atoms with van der Waals surface area (Å²) >= 11 is 0. The Morgan fingerprint density at radius 2 is 1.32 bits per heavy atom. The zero-order chi connectivity index (χ0) is 27.8. The number of nitrogens with zero attached hydrogens (tertiary/aromatic N) is 1. The first-order chi connectivity index (χ1) is 16.9. The third-order valence-corrected chi connectivity index (χ3v) is 5.71. The molecular weight excluding hydrogens is 525 g/mol. The molecule has 15 heteroatoms. The van der Waals surface area contributed by atoms with Gasteiger partial charge in [-0.15, -0.1) is 0 Å². The summed E-state index contributed by atoms with van der Waals surface area (Å²) in [5.41, 5.74) is -4.81. The number of rotatable bonds is 3. The summed E-state index contributed by atoms with van der Waals surface area (Å²) in [6.07, 6.45) is -16.2. The smallest absolute Gasteiger partial charge is 0.416 e. The number of urea groups is 1. The van der Waals surface area contributed by atoms with Gasteiger partial charge in [-0.05, 0) is 42.3 Å². The normalized spacial score (nSPS) is 18.9. The highest BCUT2D eigenvalue weighted by molar-refractivity contribution is 5.89. The number of piperidine rings is 1. The number of likely N-dealkylation sites (tertiary alicyclic amines) is 1. The SMILES string of the molecule is O=C(Nc1cc(C(F)(F)F)cc(C(F)(F)F)c1)NC1CCN(C(=O)O)CC1c1ccc(C(F)(F)F)cc1. The van der Waals surface area contributed by atoms with Crippen LogP contribution in [0.5, 0.6) is 0 Å². The summed E-state index contributed by atoms with van der Waals surface area (Å²) in [4.78, 5) is 24.9. The second-order valence-electron chi connectivity index (χ2n) is 8.24. The van der Waals surface area contributed by atoms with Crippen LogP contribution in [0.2, 0.25) is 0 Å². The molecule has 3 N–H and O–H groups in total. The molecule has 2 atom stereocenters. The van der Waals surface area contributed by atoms with Crippen LogP contribution in [0.3, 0.4) is 0 Å². The molecule has 1 aliphatic heterocycles. The lowest BCUT2D eigenvalue weighted by atomic mass is 9.85. The van der Waals surface area contributed by atoms with Crippen LogP contribution in [-0.2, 0) is 18.5 Å². The molecule has 1 fully saturated rings. The molecule has 3 amide bonds. The van der Waals surface area contributed by atoms with Crippen LogP contribution in [0.25, 0.3) is 0 Å². The first-order valence-electron chi connectivity index (χ1n) is 10.5. The second-order valence-corrected chi connectivity index (χ2v) is 8.24. The van der Waals surface area contributed by atoms with Gasteiger partial charge in [0.2, 0.25) is 0 Å². The van der Waals surface area contributed by atoms with Crippen LogP contribution in [-0.4, -0.2) is 41.3 Å². The summed E-state index contributed by atoms with van der Waals surface area (Å²) in [6.45, 7) is -0.313. The standard InChI is InChI=1S/C22H18F9N3O3/c23-20(24,25)12-3-1-11(2-4-12)16-10-34(19(36)37)6-5-17(16)33-18(35)32-15-8-13(21(26,27)28)7-14(9-15)22(29,30)31/h1-4,7-9,16-17H,5-6,10H2,(H,36,37)(H2,32,33,35). The van der Waals surface area contributed by atoms with Gasteiger partial charge in [-0.3, -0.25) is 0 Å². The van der Waals surface area contributed by atoms with Crippen LogP contribution < -0.4 is 10.6 Å². The lowest BCUT2D eigenvalue weighted by molar-refractivity contribution is -0.143. The van der Waals surface area contributed by atoms with Gasteiger partial charge in [0.15, 0.2) is 0 Å². The van der Waals surface area contributed by atoms with Crippen LogP contribution in [0.15, 0.2) is 42.5 Å². The molecule has 0 radical (unpaired) electrons. The van der Waals surface area contributed by atoms with Crippen molar-refractivity contribution in [3.05, 3.63) is 64.7 Å². The number of alkyl halides is 9. The van der Waals surface area contributed by atoms with E-state index in [-0.39, 0.29) is 31.1 Å². The zero-order valence-corrected chi connectivity index (χ0v) is 18.4. The molecule has 0 saturated carbocycles. The molecular formula is C22H18F9N3O3. The average molecular weight is 543 g/mol. The molecule has 2 aromatic carbocycles. The fraction of sp³-hybridized carbons (Fsp3) is 0.364. The summed E-state index contributed by atoms with van der Waals surface area (Å²) in [6, 6.07) is 2.19. The van der Waals surface area contributed by atoms with E-state index < -0.39 is 65.0 Å². The number of carboxylic acid groups (broad SMARTS) is 1. The number of anilines is 1. The molecule has 0 spiro atoms. The van der Waals surface area contributed by atoms with Crippen LogP contribution in [0.4, 0.5) is 54.8 Å². The van der Waals surface area contributed by atoms with Crippen molar-refractivity contribution in [2.45, 2.75) is 36.9 Å². The first kappa shape index (κ1) is 27.9. The van der Waals surface area contributed by atoms with Gasteiger partial charge in [0.25, 0.3) is 0 Å². The molecule has 1 heterocycles. The number of nitrogens with one attached hydrogen (secondary N) is 2. The number of halogens is 9. The van der Waals surface area contributed by atoms with Crippen molar-refractivity contribution in [2.75, 3.05) is 18.4 Å². The lowest BCUT2D eigenvalue weighted by Gasteiger charge is -2.38. The maximum absolute atomic E-state index is 13.1. The Hall–Kier alpha value is -3.65. The van der Waals surface area contributed by atoms with E-state index in [0.29, 0.717) is 12.1 Å². The molecule has 2 unspecified atom stereocenters. The van der Waals surface area contributed by atoms with E-state index in [1.165, 1.54) is 0 Å². The number of carbonyl (C=O) groups is 2. The number of amides is 3. The van der Waals surface area contributed by atoms with E-state index in [1.54, 1.807) is 0 Å². The number of benzene rings is 2. The molecule has 1 saturated heterocycles. The van der Waals surface area contributed by atoms with E-state index >= 15 is 0 Å². The first-order valence-corrected chi connectivity index (χ1v) is 10.5. The molecule has 202 valence electrons. The Balaban J connectivity index is 1.84. The Labute approximate surface area is 203 Å². The largest absolute Gasteiger partial charge is 0.465 e. The average Bonchev–Trinajstić information content (AvgIpc) is 2.77. The van der Waals surface area contributed by atoms with Gasteiger partial charge in [-0.25, -0.2) is 9.59 Å². The van der Waals surface area contributed by atoms with Crippen LogP contribution >= 0.6 is 0 Å². The maximum Gasteiger partial charge on any atom is 0.416 e. The van der Waals surface area contributed by atoms with E-state index in [9.17, 15) is 54.2 Å². The van der Waals surface area contributed by atoms with Gasteiger partial charge in [-0.1, -0.05) is 12.1 Å². The highest BCUT2D eigenvalue weighted by atomic mass is 19.4. The van der Waals surface area contributed by atoms with E-state index in [1.807, 2.05) is 5.32 Å². The molecule has 2 aromatic rings. The van der Waals surface area contributed by atoms with E-state index in [2.05, 4.69) is 5.32 Å². The third kappa shape index (κ3) is 6.98. The van der Waals surface area contributed by atoms with Crippen LogP contribution in [0.1, 0.15) is 34.6 Å². The van der Waals surface area contributed by atoms with Gasteiger partial charge >= 0.3 is 30.7 Å². The Morgan fingerprint density at radius 3 is 1.78 bits per heavy atom. The van der Waals surface area contributed by atoms with E-state index in [0.717, 1.165) is 29.2 Å². The number of hydrogen-bond acceptors (Lipinski definition) is 2. The van der Waals surface area contributed by atoms with Crippen LogP contribution in [0, 0.1) is 0 Å². The van der Waals surface area contributed by atoms with Gasteiger partial charge in [-0.2, -0.15) is 39.5 Å². The number of hydrogen-bond donors (Lipinski definition) is 3. The number of carbonyl (C=O) groups excluding carboxylic acids is 1. The summed E-state index contributed by atoms with van der Waals surface area (Å²) < 4.78 is 117.